The summed E-state index contributed by atoms with van der Waals surface area (Å²) in [5.41, 5.74) is 6.30. The van der Waals surface area contributed by atoms with Crippen molar-refractivity contribution in [3.8, 4) is 5.69 Å². The number of carbonyl (C=O) groups excluding carboxylic acids is 1. The summed E-state index contributed by atoms with van der Waals surface area (Å²) in [4.78, 5) is 12.4. The lowest BCUT2D eigenvalue weighted by atomic mass is 10.2. The summed E-state index contributed by atoms with van der Waals surface area (Å²) in [6.45, 7) is 3.48. The Morgan fingerprint density at radius 1 is 1.19 bits per heavy atom. The van der Waals surface area contributed by atoms with Gasteiger partial charge < -0.3 is 4.57 Å². The molecule has 10 heteroatoms. The molecule has 2 aromatic carbocycles. The summed E-state index contributed by atoms with van der Waals surface area (Å²) in [5, 5.41) is 4.64. The third-order valence-corrected chi connectivity index (χ3v) is 6.69. The summed E-state index contributed by atoms with van der Waals surface area (Å²) in [5.74, 6) is -0.563. The van der Waals surface area contributed by atoms with Crippen LogP contribution < -0.4 is 9.73 Å². The molecule has 0 saturated carbocycles. The number of sulfonamides is 1. The molecule has 0 atom stereocenters. The van der Waals surface area contributed by atoms with Gasteiger partial charge in [-0.2, -0.15) is 5.10 Å². The van der Waals surface area contributed by atoms with Gasteiger partial charge in [-0.1, -0.05) is 45.7 Å². The van der Waals surface area contributed by atoms with Crippen LogP contribution >= 0.6 is 27.5 Å². The van der Waals surface area contributed by atoms with Crippen molar-refractivity contribution in [2.24, 2.45) is 5.10 Å². The van der Waals surface area contributed by atoms with Gasteiger partial charge in [0.15, 0.2) is 0 Å². The molecule has 3 aromatic rings. The first-order valence-electron chi connectivity index (χ1n) is 9.57. The van der Waals surface area contributed by atoms with Gasteiger partial charge in [-0.15, -0.1) is 0 Å². The van der Waals surface area contributed by atoms with Gasteiger partial charge in [-0.05, 0) is 50.2 Å². The predicted molar refractivity (Wildman–Crippen MR) is 132 cm³/mol. The van der Waals surface area contributed by atoms with Gasteiger partial charge in [-0.25, -0.2) is 13.8 Å². The van der Waals surface area contributed by atoms with E-state index in [9.17, 15) is 13.2 Å². The quantitative estimate of drug-likeness (QED) is 0.358. The highest BCUT2D eigenvalue weighted by Gasteiger charge is 2.21. The van der Waals surface area contributed by atoms with Crippen molar-refractivity contribution >= 4 is 55.4 Å². The normalized spacial score (nSPS) is 11.7. The van der Waals surface area contributed by atoms with E-state index in [4.69, 9.17) is 11.6 Å². The van der Waals surface area contributed by atoms with Crippen molar-refractivity contribution in [2.45, 2.75) is 13.8 Å². The van der Waals surface area contributed by atoms with Gasteiger partial charge in [0.1, 0.15) is 6.54 Å². The molecule has 1 aromatic heterocycles. The Labute approximate surface area is 200 Å². The molecular formula is C22H22BrClN4O3S. The van der Waals surface area contributed by atoms with Crippen molar-refractivity contribution in [1.82, 2.24) is 9.99 Å². The van der Waals surface area contributed by atoms with E-state index in [1.54, 1.807) is 24.3 Å². The summed E-state index contributed by atoms with van der Waals surface area (Å²) in [6, 6.07) is 16.2. The maximum atomic E-state index is 12.4. The standard InChI is InChI=1S/C22H22BrClN4O3S/c1-15-11-17(16(2)28(15)21-10-5-4-9-20(21)24)13-25-26-22(29)14-27(32(3,30)31)19-8-6-7-18(23)12-19/h4-13H,14H2,1-3H3,(H,26,29). The number of rotatable bonds is 7. The van der Waals surface area contributed by atoms with E-state index >= 15 is 0 Å². The lowest BCUT2D eigenvalue weighted by molar-refractivity contribution is -0.119. The molecule has 0 aliphatic rings. The lowest BCUT2D eigenvalue weighted by Gasteiger charge is -2.21. The lowest BCUT2D eigenvalue weighted by Crippen LogP contribution is -2.39. The minimum absolute atomic E-state index is 0.379. The molecule has 168 valence electrons. The molecule has 0 bridgehead atoms. The van der Waals surface area contributed by atoms with Crippen LogP contribution in [-0.2, 0) is 14.8 Å². The number of para-hydroxylation sites is 1. The third kappa shape index (κ3) is 5.59. The highest BCUT2D eigenvalue weighted by Crippen LogP contribution is 2.26. The highest BCUT2D eigenvalue weighted by atomic mass is 79.9. The summed E-state index contributed by atoms with van der Waals surface area (Å²) in [7, 11) is -3.67. The van der Waals surface area contributed by atoms with Gasteiger partial charge in [-0.3, -0.25) is 9.10 Å². The molecule has 0 unspecified atom stereocenters. The van der Waals surface area contributed by atoms with Crippen LogP contribution in [0.4, 0.5) is 5.69 Å². The summed E-state index contributed by atoms with van der Waals surface area (Å²) in [6.07, 6.45) is 2.57. The van der Waals surface area contributed by atoms with E-state index in [2.05, 4.69) is 26.5 Å². The van der Waals surface area contributed by atoms with Gasteiger partial charge in [0, 0.05) is 21.4 Å². The van der Waals surface area contributed by atoms with E-state index in [0.717, 1.165) is 33.2 Å². The van der Waals surface area contributed by atoms with Crippen LogP contribution in [0.2, 0.25) is 5.02 Å². The van der Waals surface area contributed by atoms with Crippen molar-refractivity contribution < 1.29 is 13.2 Å². The maximum absolute atomic E-state index is 12.4. The topological polar surface area (TPSA) is 83.8 Å². The molecule has 1 heterocycles. The van der Waals surface area contributed by atoms with Gasteiger partial charge in [0.25, 0.3) is 5.91 Å². The number of aryl methyl sites for hydroxylation is 1. The average Bonchev–Trinajstić information content (AvgIpc) is 2.99. The summed E-state index contributed by atoms with van der Waals surface area (Å²) < 4.78 is 28.1. The zero-order chi connectivity index (χ0) is 23.5. The van der Waals surface area contributed by atoms with Crippen molar-refractivity contribution in [3.05, 3.63) is 81.0 Å². The monoisotopic (exact) mass is 536 g/mol. The zero-order valence-corrected chi connectivity index (χ0v) is 20.9. The number of hydrogen-bond donors (Lipinski definition) is 1. The molecule has 1 amide bonds. The number of anilines is 1. The van der Waals surface area contributed by atoms with Crippen LogP contribution in [-0.4, -0.2) is 37.9 Å². The Bertz CT molecular complexity index is 1290. The fraction of sp³-hybridized carbons (Fsp3) is 0.182. The first kappa shape index (κ1) is 24.0. The van der Waals surface area contributed by atoms with Crippen LogP contribution in [0.15, 0.2) is 64.2 Å². The van der Waals surface area contributed by atoms with E-state index in [1.807, 2.05) is 48.7 Å². The Hall–Kier alpha value is -2.62. The number of hydrazone groups is 1. The molecule has 0 aliphatic carbocycles. The smallest absolute Gasteiger partial charge is 0.260 e. The zero-order valence-electron chi connectivity index (χ0n) is 17.7. The van der Waals surface area contributed by atoms with Crippen molar-refractivity contribution in [1.29, 1.82) is 0 Å². The summed E-state index contributed by atoms with van der Waals surface area (Å²) >= 11 is 9.65. The van der Waals surface area contributed by atoms with Gasteiger partial charge in [0.2, 0.25) is 10.0 Å². The average molecular weight is 538 g/mol. The van der Waals surface area contributed by atoms with Crippen LogP contribution in [0, 0.1) is 13.8 Å². The number of aromatic nitrogens is 1. The van der Waals surface area contributed by atoms with Crippen LogP contribution in [0.25, 0.3) is 5.69 Å². The number of nitrogens with one attached hydrogen (secondary N) is 1. The van der Waals surface area contributed by atoms with E-state index < -0.39 is 22.5 Å². The molecule has 0 fully saturated rings. The number of hydrogen-bond acceptors (Lipinski definition) is 4. The minimum Gasteiger partial charge on any atom is -0.316 e. The Morgan fingerprint density at radius 3 is 2.56 bits per heavy atom. The van der Waals surface area contributed by atoms with Gasteiger partial charge >= 0.3 is 0 Å². The fourth-order valence-corrected chi connectivity index (χ4v) is 4.75. The van der Waals surface area contributed by atoms with E-state index in [1.165, 1.54) is 6.21 Å². The maximum Gasteiger partial charge on any atom is 0.260 e. The molecule has 0 aliphatic heterocycles. The minimum atomic E-state index is -3.67. The molecule has 0 saturated heterocycles. The number of benzene rings is 2. The largest absolute Gasteiger partial charge is 0.316 e. The third-order valence-electron chi connectivity index (χ3n) is 4.74. The SMILES string of the molecule is Cc1cc(C=NNC(=O)CN(c2cccc(Br)c2)S(C)(=O)=O)c(C)n1-c1ccccc1Cl. The molecule has 0 radical (unpaired) electrons. The highest BCUT2D eigenvalue weighted by molar-refractivity contribution is 9.10. The predicted octanol–water partition coefficient (Wildman–Crippen LogP) is 4.43. The second-order valence-electron chi connectivity index (χ2n) is 7.16. The molecule has 3 rings (SSSR count). The molecule has 1 N–H and O–H groups in total. The second kappa shape index (κ2) is 9.89. The van der Waals surface area contributed by atoms with E-state index in [0.29, 0.717) is 15.2 Å². The first-order chi connectivity index (χ1) is 15.1. The van der Waals surface area contributed by atoms with Crippen LogP contribution in [0.3, 0.4) is 0 Å². The molecule has 7 nitrogen and oxygen atoms in total. The van der Waals surface area contributed by atoms with E-state index in [-0.39, 0.29) is 0 Å². The second-order valence-corrected chi connectivity index (χ2v) is 10.4. The number of amides is 1. The number of nitrogens with zero attached hydrogens (tertiary/aromatic N) is 3. The van der Waals surface area contributed by atoms with Crippen LogP contribution in [0.5, 0.6) is 0 Å². The number of carbonyl (C=O) groups is 1. The Kier molecular flexibility index (Phi) is 7.43. The molecule has 32 heavy (non-hydrogen) atoms. The Balaban J connectivity index is 1.75. The van der Waals surface area contributed by atoms with Crippen molar-refractivity contribution in [3.63, 3.8) is 0 Å². The molecular weight excluding hydrogens is 516 g/mol. The van der Waals surface area contributed by atoms with Crippen molar-refractivity contribution in [2.75, 3.05) is 17.1 Å². The Morgan fingerprint density at radius 2 is 1.91 bits per heavy atom. The molecule has 0 spiro atoms. The first-order valence-corrected chi connectivity index (χ1v) is 12.6. The fourth-order valence-electron chi connectivity index (χ4n) is 3.29. The van der Waals surface area contributed by atoms with Crippen LogP contribution in [0.1, 0.15) is 17.0 Å². The van der Waals surface area contributed by atoms with Gasteiger partial charge in [0.05, 0.1) is 28.9 Å². The number of halogens is 2.